The van der Waals surface area contributed by atoms with Gasteiger partial charge in [-0.2, -0.15) is 0 Å². The molecule has 2 aromatic rings. The fourth-order valence-corrected chi connectivity index (χ4v) is 4.55. The van der Waals surface area contributed by atoms with Gasteiger partial charge in [0.2, 0.25) is 5.91 Å². The number of likely N-dealkylation sites (tertiary alicyclic amines) is 1. The zero-order valence-corrected chi connectivity index (χ0v) is 17.3. The van der Waals surface area contributed by atoms with Crippen molar-refractivity contribution in [3.63, 3.8) is 0 Å². The summed E-state index contributed by atoms with van der Waals surface area (Å²) in [4.78, 5) is 37.0. The van der Waals surface area contributed by atoms with Crippen LogP contribution in [0.25, 0.3) is 11.1 Å². The molecule has 1 fully saturated rings. The van der Waals surface area contributed by atoms with Crippen LogP contribution in [-0.2, 0) is 14.3 Å². The number of fused-ring (bicyclic) bond motifs is 3. The van der Waals surface area contributed by atoms with Crippen LogP contribution in [0, 0.1) is 0 Å². The number of carboxylic acids is 1. The largest absolute Gasteiger partial charge is 0.480 e. The maximum Gasteiger partial charge on any atom is 0.407 e. The number of carbonyl (C=O) groups excluding carboxylic acids is 2. The van der Waals surface area contributed by atoms with Crippen LogP contribution < -0.4 is 5.32 Å². The van der Waals surface area contributed by atoms with E-state index in [9.17, 15) is 19.5 Å². The van der Waals surface area contributed by atoms with Gasteiger partial charge in [0.25, 0.3) is 0 Å². The summed E-state index contributed by atoms with van der Waals surface area (Å²) in [6.45, 7) is 1.02. The maximum absolute atomic E-state index is 12.3. The van der Waals surface area contributed by atoms with E-state index in [1.54, 1.807) is 0 Å². The van der Waals surface area contributed by atoms with E-state index in [4.69, 9.17) is 4.74 Å². The van der Waals surface area contributed by atoms with Gasteiger partial charge in [0, 0.05) is 25.4 Å². The topological polar surface area (TPSA) is 95.9 Å². The van der Waals surface area contributed by atoms with Gasteiger partial charge < -0.3 is 20.1 Å². The second-order valence-electron chi connectivity index (χ2n) is 7.94. The highest BCUT2D eigenvalue weighted by molar-refractivity contribution is 5.84. The molecular formula is C24H26N2O5. The van der Waals surface area contributed by atoms with Gasteiger partial charge in [-0.3, -0.25) is 4.79 Å². The van der Waals surface area contributed by atoms with Crippen LogP contribution in [0.3, 0.4) is 0 Å². The van der Waals surface area contributed by atoms with Crippen molar-refractivity contribution < 1.29 is 24.2 Å². The molecule has 2 N–H and O–H groups in total. The maximum atomic E-state index is 12.3. The van der Waals surface area contributed by atoms with Gasteiger partial charge >= 0.3 is 12.1 Å². The molecule has 7 nitrogen and oxygen atoms in total. The van der Waals surface area contributed by atoms with E-state index in [0.29, 0.717) is 32.4 Å². The molecule has 4 rings (SSSR count). The lowest BCUT2D eigenvalue weighted by molar-refractivity contribution is -0.148. The molecular weight excluding hydrogens is 396 g/mol. The van der Waals surface area contributed by atoms with Crippen molar-refractivity contribution >= 4 is 18.0 Å². The summed E-state index contributed by atoms with van der Waals surface area (Å²) >= 11 is 0. The van der Waals surface area contributed by atoms with E-state index in [1.165, 1.54) is 16.0 Å². The van der Waals surface area contributed by atoms with Gasteiger partial charge in [0.15, 0.2) is 0 Å². The van der Waals surface area contributed by atoms with Crippen molar-refractivity contribution in [2.24, 2.45) is 0 Å². The number of ether oxygens (including phenoxy) is 1. The molecule has 1 heterocycles. The highest BCUT2D eigenvalue weighted by atomic mass is 16.5. The predicted molar refractivity (Wildman–Crippen MR) is 115 cm³/mol. The van der Waals surface area contributed by atoms with Crippen LogP contribution >= 0.6 is 0 Å². The Balaban J connectivity index is 1.23. The number of alkyl carbamates (subject to hydrolysis) is 1. The highest BCUT2D eigenvalue weighted by Gasteiger charge is 2.33. The molecule has 1 saturated heterocycles. The van der Waals surface area contributed by atoms with Crippen molar-refractivity contribution in [2.75, 3.05) is 19.7 Å². The molecule has 7 heteroatoms. The first-order chi connectivity index (χ1) is 15.1. The fraction of sp³-hybridized carbons (Fsp3) is 0.375. The van der Waals surface area contributed by atoms with E-state index in [2.05, 4.69) is 29.6 Å². The molecule has 2 aromatic carbocycles. The number of rotatable bonds is 7. The van der Waals surface area contributed by atoms with Crippen LogP contribution in [0.1, 0.15) is 42.7 Å². The zero-order valence-electron chi connectivity index (χ0n) is 17.3. The average Bonchev–Trinajstić information content (AvgIpc) is 3.39. The number of benzene rings is 2. The number of amides is 2. The third kappa shape index (κ3) is 4.40. The van der Waals surface area contributed by atoms with Crippen LogP contribution in [0.5, 0.6) is 0 Å². The number of nitrogens with zero attached hydrogens (tertiary/aromatic N) is 1. The minimum absolute atomic E-state index is 0.00264. The van der Waals surface area contributed by atoms with E-state index >= 15 is 0 Å². The van der Waals surface area contributed by atoms with Gasteiger partial charge in [-0.25, -0.2) is 9.59 Å². The SMILES string of the molecule is O=C(NCCCC(=O)N1CCC[C@H]1C(=O)O)OCC1c2ccccc2-c2ccccc21. The Morgan fingerprint density at radius 1 is 1.03 bits per heavy atom. The molecule has 31 heavy (non-hydrogen) atoms. The molecule has 0 aromatic heterocycles. The molecule has 1 aliphatic carbocycles. The minimum Gasteiger partial charge on any atom is -0.480 e. The van der Waals surface area contributed by atoms with Gasteiger partial charge in [-0.05, 0) is 41.5 Å². The minimum atomic E-state index is -0.956. The van der Waals surface area contributed by atoms with Gasteiger partial charge in [0.1, 0.15) is 12.6 Å². The Hall–Kier alpha value is -3.35. The molecule has 0 radical (unpaired) electrons. The molecule has 2 amide bonds. The van der Waals surface area contributed by atoms with Crippen LogP contribution in [-0.4, -0.2) is 53.7 Å². The summed E-state index contributed by atoms with van der Waals surface area (Å²) in [5, 5.41) is 11.9. The Kier molecular flexibility index (Phi) is 6.21. The summed E-state index contributed by atoms with van der Waals surface area (Å²) in [5.74, 6) is -1.13. The highest BCUT2D eigenvalue weighted by Crippen LogP contribution is 2.44. The first-order valence-corrected chi connectivity index (χ1v) is 10.7. The standard InChI is InChI=1S/C24H26N2O5/c27-22(26-14-6-11-21(26)23(28)29)12-5-13-25-24(30)31-15-20-18-9-3-1-7-16(18)17-8-2-4-10-19(17)20/h1-4,7-10,20-21H,5-6,11-15H2,(H,25,30)(H,28,29)/t21-/m0/s1. The number of aliphatic carboxylic acids is 1. The molecule has 162 valence electrons. The van der Waals surface area contributed by atoms with E-state index in [1.807, 2.05) is 24.3 Å². The van der Waals surface area contributed by atoms with Crippen LogP contribution in [0.2, 0.25) is 0 Å². The first-order valence-electron chi connectivity index (χ1n) is 10.7. The number of carboxylic acid groups (broad SMARTS) is 1. The van der Waals surface area contributed by atoms with Crippen molar-refractivity contribution in [3.05, 3.63) is 59.7 Å². The molecule has 2 aliphatic rings. The smallest absolute Gasteiger partial charge is 0.407 e. The number of hydrogen-bond acceptors (Lipinski definition) is 4. The summed E-state index contributed by atoms with van der Waals surface area (Å²) < 4.78 is 5.47. The lowest BCUT2D eigenvalue weighted by Crippen LogP contribution is -2.40. The van der Waals surface area contributed by atoms with Crippen LogP contribution in [0.4, 0.5) is 4.79 Å². The number of nitrogens with one attached hydrogen (secondary N) is 1. The first kappa shape index (κ1) is 20.9. The van der Waals surface area contributed by atoms with E-state index in [0.717, 1.165) is 11.1 Å². The molecule has 1 atom stereocenters. The van der Waals surface area contributed by atoms with Crippen molar-refractivity contribution in [1.82, 2.24) is 10.2 Å². The molecule has 1 aliphatic heterocycles. The summed E-state index contributed by atoms with van der Waals surface area (Å²) in [7, 11) is 0. The molecule has 0 unspecified atom stereocenters. The molecule has 0 spiro atoms. The summed E-state index contributed by atoms with van der Waals surface area (Å²) in [5.41, 5.74) is 4.65. The monoisotopic (exact) mass is 422 g/mol. The van der Waals surface area contributed by atoms with Crippen molar-refractivity contribution in [1.29, 1.82) is 0 Å². The lowest BCUT2D eigenvalue weighted by atomic mass is 9.98. The van der Waals surface area contributed by atoms with Crippen LogP contribution in [0.15, 0.2) is 48.5 Å². The summed E-state index contributed by atoms with van der Waals surface area (Å²) in [6.07, 6.45) is 1.33. The Labute approximate surface area is 181 Å². The third-order valence-corrected chi connectivity index (χ3v) is 6.04. The Morgan fingerprint density at radius 2 is 1.68 bits per heavy atom. The van der Waals surface area contributed by atoms with Crippen molar-refractivity contribution in [3.8, 4) is 11.1 Å². The van der Waals surface area contributed by atoms with Gasteiger partial charge in [-0.15, -0.1) is 0 Å². The molecule has 0 saturated carbocycles. The van der Waals surface area contributed by atoms with Gasteiger partial charge in [0.05, 0.1) is 0 Å². The van der Waals surface area contributed by atoms with E-state index < -0.39 is 18.1 Å². The second-order valence-corrected chi connectivity index (χ2v) is 7.94. The normalized spacial score (nSPS) is 17.2. The lowest BCUT2D eigenvalue weighted by Gasteiger charge is -2.21. The molecule has 0 bridgehead atoms. The second kappa shape index (κ2) is 9.20. The number of carbonyl (C=O) groups is 3. The Morgan fingerprint density at radius 3 is 2.32 bits per heavy atom. The average molecular weight is 422 g/mol. The van der Waals surface area contributed by atoms with Gasteiger partial charge in [-0.1, -0.05) is 48.5 Å². The predicted octanol–water partition coefficient (Wildman–Crippen LogP) is 3.38. The Bertz CT molecular complexity index is 944. The fourth-order valence-electron chi connectivity index (χ4n) is 4.55. The summed E-state index contributed by atoms with van der Waals surface area (Å²) in [6, 6.07) is 15.6. The third-order valence-electron chi connectivity index (χ3n) is 6.04. The van der Waals surface area contributed by atoms with Crippen molar-refractivity contribution in [2.45, 2.75) is 37.6 Å². The zero-order chi connectivity index (χ0) is 21.8. The number of hydrogen-bond donors (Lipinski definition) is 2. The van der Waals surface area contributed by atoms with E-state index in [-0.39, 0.29) is 24.9 Å². The quantitative estimate of drug-likeness (QED) is 0.667.